The third-order valence-corrected chi connectivity index (χ3v) is 3.90. The zero-order chi connectivity index (χ0) is 12.7. The SMILES string of the molecule is CC1=C(c2cc(F)c3nc(N)sc3c2)C=NCC1. The Labute approximate surface area is 108 Å². The molecule has 18 heavy (non-hydrogen) atoms. The number of rotatable bonds is 1. The van der Waals surface area contributed by atoms with Gasteiger partial charge in [0.2, 0.25) is 0 Å². The van der Waals surface area contributed by atoms with Crippen molar-refractivity contribution in [1.82, 2.24) is 4.98 Å². The molecule has 0 saturated heterocycles. The molecule has 0 atom stereocenters. The summed E-state index contributed by atoms with van der Waals surface area (Å²) < 4.78 is 14.7. The fourth-order valence-electron chi connectivity index (χ4n) is 2.12. The Bertz CT molecular complexity index is 685. The predicted octanol–water partition coefficient (Wildman–Crippen LogP) is 3.27. The third kappa shape index (κ3) is 1.80. The average Bonchev–Trinajstić information content (AvgIpc) is 2.71. The van der Waals surface area contributed by atoms with Gasteiger partial charge < -0.3 is 5.73 Å². The van der Waals surface area contributed by atoms with E-state index in [1.54, 1.807) is 0 Å². The highest BCUT2D eigenvalue weighted by atomic mass is 32.1. The monoisotopic (exact) mass is 261 g/mol. The fourth-order valence-corrected chi connectivity index (χ4v) is 2.90. The van der Waals surface area contributed by atoms with E-state index in [4.69, 9.17) is 5.73 Å². The molecule has 1 aromatic heterocycles. The number of hydrogen-bond acceptors (Lipinski definition) is 4. The molecule has 0 amide bonds. The predicted molar refractivity (Wildman–Crippen MR) is 74.6 cm³/mol. The van der Waals surface area contributed by atoms with Gasteiger partial charge in [0, 0.05) is 12.8 Å². The van der Waals surface area contributed by atoms with Crippen molar-refractivity contribution in [3.63, 3.8) is 0 Å². The molecule has 2 aromatic rings. The van der Waals surface area contributed by atoms with Gasteiger partial charge in [-0.2, -0.15) is 0 Å². The lowest BCUT2D eigenvalue weighted by Crippen LogP contribution is -2.00. The number of allylic oxidation sites excluding steroid dienone is 1. The van der Waals surface area contributed by atoms with Crippen molar-refractivity contribution in [2.45, 2.75) is 13.3 Å². The number of aliphatic imine (C=N–C) groups is 1. The number of nitrogen functional groups attached to an aromatic ring is 1. The minimum absolute atomic E-state index is 0.324. The number of fused-ring (bicyclic) bond motifs is 1. The molecule has 0 saturated carbocycles. The summed E-state index contributed by atoms with van der Waals surface area (Å²) >= 11 is 1.31. The van der Waals surface area contributed by atoms with Gasteiger partial charge in [-0.05, 0) is 36.6 Å². The molecule has 3 nitrogen and oxygen atoms in total. The fraction of sp³-hybridized carbons (Fsp3) is 0.231. The van der Waals surface area contributed by atoms with Crippen LogP contribution in [0.4, 0.5) is 9.52 Å². The third-order valence-electron chi connectivity index (χ3n) is 3.07. The van der Waals surface area contributed by atoms with Gasteiger partial charge in [-0.25, -0.2) is 9.37 Å². The number of dihydropyridines is 1. The first-order valence-electron chi connectivity index (χ1n) is 5.70. The zero-order valence-corrected chi connectivity index (χ0v) is 10.7. The van der Waals surface area contributed by atoms with Crippen LogP contribution in [0, 0.1) is 5.82 Å². The number of nitrogens with two attached hydrogens (primary N) is 1. The van der Waals surface area contributed by atoms with E-state index in [0.29, 0.717) is 10.6 Å². The lowest BCUT2D eigenvalue weighted by molar-refractivity contribution is 0.637. The summed E-state index contributed by atoms with van der Waals surface area (Å²) in [6.45, 7) is 2.87. The first kappa shape index (κ1) is 11.3. The number of thiazole rings is 1. The highest BCUT2D eigenvalue weighted by molar-refractivity contribution is 7.22. The average molecular weight is 261 g/mol. The minimum Gasteiger partial charge on any atom is -0.375 e. The zero-order valence-electron chi connectivity index (χ0n) is 9.90. The molecule has 0 radical (unpaired) electrons. The maximum atomic E-state index is 14.0. The Morgan fingerprint density at radius 2 is 2.22 bits per heavy atom. The Balaban J connectivity index is 2.21. The molecule has 1 aromatic carbocycles. The van der Waals surface area contributed by atoms with Crippen LogP contribution in [0.15, 0.2) is 22.7 Å². The number of nitrogens with zero attached hydrogens (tertiary/aromatic N) is 2. The first-order chi connectivity index (χ1) is 8.65. The van der Waals surface area contributed by atoms with Gasteiger partial charge in [-0.15, -0.1) is 0 Å². The van der Waals surface area contributed by atoms with Crippen molar-refractivity contribution in [1.29, 1.82) is 0 Å². The van der Waals surface area contributed by atoms with E-state index < -0.39 is 0 Å². The van der Waals surface area contributed by atoms with Gasteiger partial charge >= 0.3 is 0 Å². The Morgan fingerprint density at radius 1 is 1.39 bits per heavy atom. The van der Waals surface area contributed by atoms with Gasteiger partial charge in [0.1, 0.15) is 5.52 Å². The molecular formula is C13H12FN3S. The van der Waals surface area contributed by atoms with Crippen LogP contribution in [-0.4, -0.2) is 17.7 Å². The van der Waals surface area contributed by atoms with E-state index in [-0.39, 0.29) is 5.82 Å². The highest BCUT2D eigenvalue weighted by Gasteiger charge is 2.13. The molecule has 2 heterocycles. The second kappa shape index (κ2) is 4.17. The first-order valence-corrected chi connectivity index (χ1v) is 6.52. The maximum absolute atomic E-state index is 14.0. The van der Waals surface area contributed by atoms with Crippen LogP contribution in [0.1, 0.15) is 18.9 Å². The molecule has 0 fully saturated rings. The molecule has 1 aliphatic heterocycles. The van der Waals surface area contributed by atoms with Crippen LogP contribution in [0.2, 0.25) is 0 Å². The van der Waals surface area contributed by atoms with E-state index in [9.17, 15) is 4.39 Å². The summed E-state index contributed by atoms with van der Waals surface area (Å²) in [5.41, 5.74) is 9.07. The van der Waals surface area contributed by atoms with E-state index in [2.05, 4.69) is 16.9 Å². The van der Waals surface area contributed by atoms with Crippen LogP contribution in [0.25, 0.3) is 15.8 Å². The van der Waals surface area contributed by atoms with Crippen molar-refractivity contribution in [3.8, 4) is 0 Å². The summed E-state index contributed by atoms with van der Waals surface area (Å²) in [7, 11) is 0. The lowest BCUT2D eigenvalue weighted by atomic mass is 9.98. The maximum Gasteiger partial charge on any atom is 0.181 e. The number of aromatic nitrogens is 1. The van der Waals surface area contributed by atoms with Crippen molar-refractivity contribution >= 4 is 38.5 Å². The van der Waals surface area contributed by atoms with Crippen LogP contribution < -0.4 is 5.73 Å². The minimum atomic E-state index is -0.324. The van der Waals surface area contributed by atoms with Crippen LogP contribution >= 0.6 is 11.3 Å². The van der Waals surface area contributed by atoms with Gasteiger partial charge in [0.05, 0.1) is 4.70 Å². The summed E-state index contributed by atoms with van der Waals surface area (Å²) in [4.78, 5) is 8.25. The Morgan fingerprint density at radius 3 is 3.00 bits per heavy atom. The van der Waals surface area contributed by atoms with Crippen molar-refractivity contribution in [3.05, 3.63) is 29.1 Å². The normalized spacial score (nSPS) is 15.7. The molecule has 0 bridgehead atoms. The number of hydrogen-bond donors (Lipinski definition) is 1. The van der Waals surface area contributed by atoms with Crippen molar-refractivity contribution in [2.24, 2.45) is 4.99 Å². The summed E-state index contributed by atoms with van der Waals surface area (Å²) in [6, 6.07) is 3.44. The topological polar surface area (TPSA) is 51.3 Å². The number of halogens is 1. The lowest BCUT2D eigenvalue weighted by Gasteiger charge is -2.12. The standard InChI is InChI=1S/C13H12FN3S/c1-7-2-3-16-6-9(7)8-4-10(14)12-11(5-8)18-13(15)17-12/h4-6H,2-3H2,1H3,(H2,15,17). The van der Waals surface area contributed by atoms with Gasteiger partial charge in [-0.1, -0.05) is 16.9 Å². The molecule has 1 aliphatic rings. The van der Waals surface area contributed by atoms with Crippen LogP contribution in [-0.2, 0) is 0 Å². The second-order valence-electron chi connectivity index (χ2n) is 4.34. The summed E-state index contributed by atoms with van der Waals surface area (Å²) in [5.74, 6) is -0.324. The summed E-state index contributed by atoms with van der Waals surface area (Å²) in [5, 5.41) is 0.393. The molecule has 2 N–H and O–H groups in total. The largest absolute Gasteiger partial charge is 0.375 e. The molecule has 92 valence electrons. The van der Waals surface area contributed by atoms with Crippen molar-refractivity contribution in [2.75, 3.05) is 12.3 Å². The molecule has 0 unspecified atom stereocenters. The molecule has 0 spiro atoms. The molecule has 3 rings (SSSR count). The quantitative estimate of drug-likeness (QED) is 0.856. The van der Waals surface area contributed by atoms with E-state index in [0.717, 1.165) is 28.8 Å². The second-order valence-corrected chi connectivity index (χ2v) is 5.40. The van der Waals surface area contributed by atoms with Gasteiger partial charge in [0.25, 0.3) is 0 Å². The Hall–Kier alpha value is -1.75. The number of benzene rings is 1. The van der Waals surface area contributed by atoms with E-state index in [1.165, 1.54) is 23.0 Å². The van der Waals surface area contributed by atoms with Crippen molar-refractivity contribution < 1.29 is 4.39 Å². The highest BCUT2D eigenvalue weighted by Crippen LogP contribution is 2.31. The van der Waals surface area contributed by atoms with E-state index in [1.807, 2.05) is 12.3 Å². The van der Waals surface area contributed by atoms with Crippen LogP contribution in [0.3, 0.4) is 0 Å². The van der Waals surface area contributed by atoms with Gasteiger partial charge in [0.15, 0.2) is 10.9 Å². The molecule has 5 heteroatoms. The molecule has 0 aliphatic carbocycles. The van der Waals surface area contributed by atoms with E-state index >= 15 is 0 Å². The Kier molecular flexibility index (Phi) is 2.63. The molecular weight excluding hydrogens is 249 g/mol. The van der Waals surface area contributed by atoms with Gasteiger partial charge in [-0.3, -0.25) is 4.99 Å². The van der Waals surface area contributed by atoms with Crippen LogP contribution in [0.5, 0.6) is 0 Å². The number of anilines is 1. The smallest absolute Gasteiger partial charge is 0.181 e. The summed E-state index contributed by atoms with van der Waals surface area (Å²) in [6.07, 6.45) is 2.75.